The van der Waals surface area contributed by atoms with Gasteiger partial charge in [-0.2, -0.15) is 0 Å². The smallest absolute Gasteiger partial charge is 0.263 e. The predicted octanol–water partition coefficient (Wildman–Crippen LogP) is 0.496. The Bertz CT molecular complexity index is 550. The third-order valence-corrected chi connectivity index (χ3v) is 3.88. The fourth-order valence-electron chi connectivity index (χ4n) is 1.61. The molecule has 1 unspecified atom stereocenters. The summed E-state index contributed by atoms with van der Waals surface area (Å²) in [4.78, 5) is 4.43. The fraction of sp³-hybridized carbons (Fsp3) is 0.364. The minimum Gasteiger partial charge on any atom is -0.393 e. The van der Waals surface area contributed by atoms with E-state index in [-0.39, 0.29) is 4.90 Å². The zero-order chi connectivity index (χ0) is 12.5. The van der Waals surface area contributed by atoms with Gasteiger partial charge in [0.25, 0.3) is 10.0 Å². The minimum atomic E-state index is -3.45. The summed E-state index contributed by atoms with van der Waals surface area (Å²) in [7, 11) is -3.45. The van der Waals surface area contributed by atoms with Crippen molar-refractivity contribution in [2.75, 3.05) is 6.54 Å². The average molecular weight is 254 g/mol. The Balaban J connectivity index is 2.29. The number of nitrogens with zero attached hydrogens (tertiary/aromatic N) is 1. The van der Waals surface area contributed by atoms with E-state index >= 15 is 0 Å². The molecule has 2 N–H and O–H groups in total. The molecule has 1 aromatic rings. The second-order valence-corrected chi connectivity index (χ2v) is 5.62. The van der Waals surface area contributed by atoms with Crippen LogP contribution in [0.5, 0.6) is 0 Å². The van der Waals surface area contributed by atoms with Crippen LogP contribution in [-0.2, 0) is 10.0 Å². The summed E-state index contributed by atoms with van der Waals surface area (Å²) in [6, 6.07) is 6.71. The highest BCUT2D eigenvalue weighted by molar-refractivity contribution is 7.90. The number of sulfonamides is 1. The molecule has 1 atom stereocenters. The van der Waals surface area contributed by atoms with Gasteiger partial charge in [-0.1, -0.05) is 12.1 Å². The van der Waals surface area contributed by atoms with Crippen LogP contribution in [0.4, 0.5) is 0 Å². The van der Waals surface area contributed by atoms with E-state index in [1.54, 1.807) is 31.2 Å². The van der Waals surface area contributed by atoms with Gasteiger partial charge in [-0.15, -0.1) is 0 Å². The van der Waals surface area contributed by atoms with Gasteiger partial charge in [-0.25, -0.2) is 8.42 Å². The molecule has 0 bridgehead atoms. The van der Waals surface area contributed by atoms with Crippen molar-refractivity contribution in [3.63, 3.8) is 0 Å². The van der Waals surface area contributed by atoms with E-state index < -0.39 is 16.1 Å². The summed E-state index contributed by atoms with van der Waals surface area (Å²) < 4.78 is 25.8. The van der Waals surface area contributed by atoms with Crippen molar-refractivity contribution < 1.29 is 13.5 Å². The molecule has 0 saturated carbocycles. The zero-order valence-electron chi connectivity index (χ0n) is 9.42. The molecule has 1 heterocycles. The molecular weight excluding hydrogens is 240 g/mol. The van der Waals surface area contributed by atoms with Crippen LogP contribution in [0.1, 0.15) is 18.9 Å². The van der Waals surface area contributed by atoms with Crippen molar-refractivity contribution in [2.24, 2.45) is 4.99 Å². The molecule has 0 fully saturated rings. The highest BCUT2D eigenvalue weighted by Gasteiger charge is 2.29. The van der Waals surface area contributed by atoms with Crippen LogP contribution in [0.25, 0.3) is 0 Å². The van der Waals surface area contributed by atoms with E-state index in [0.29, 0.717) is 24.4 Å². The van der Waals surface area contributed by atoms with Crippen molar-refractivity contribution in [1.29, 1.82) is 0 Å². The van der Waals surface area contributed by atoms with Crippen LogP contribution in [0, 0.1) is 0 Å². The largest absolute Gasteiger partial charge is 0.393 e. The van der Waals surface area contributed by atoms with Gasteiger partial charge in [0.05, 0.1) is 11.0 Å². The van der Waals surface area contributed by atoms with Gasteiger partial charge in [-0.3, -0.25) is 9.71 Å². The first-order chi connectivity index (χ1) is 8.00. The Morgan fingerprint density at radius 3 is 2.82 bits per heavy atom. The number of fused-ring (bicyclic) bond motifs is 1. The van der Waals surface area contributed by atoms with Crippen molar-refractivity contribution in [3.8, 4) is 0 Å². The van der Waals surface area contributed by atoms with E-state index in [1.807, 2.05) is 0 Å². The first-order valence-corrected chi connectivity index (χ1v) is 6.84. The monoisotopic (exact) mass is 254 g/mol. The molecule has 1 aliphatic rings. The van der Waals surface area contributed by atoms with Crippen LogP contribution < -0.4 is 4.72 Å². The maximum atomic E-state index is 11.7. The molecule has 92 valence electrons. The number of nitrogens with one attached hydrogen (secondary N) is 1. The Kier molecular flexibility index (Phi) is 3.17. The molecule has 0 amide bonds. The van der Waals surface area contributed by atoms with Crippen LogP contribution in [0.15, 0.2) is 34.2 Å². The Morgan fingerprint density at radius 2 is 2.12 bits per heavy atom. The first-order valence-electron chi connectivity index (χ1n) is 5.35. The lowest BCUT2D eigenvalue weighted by molar-refractivity contribution is 0.187. The third-order valence-electron chi connectivity index (χ3n) is 2.48. The molecule has 0 saturated heterocycles. The number of amidine groups is 1. The average Bonchev–Trinajstić information content (AvgIpc) is 2.51. The van der Waals surface area contributed by atoms with Gasteiger partial charge >= 0.3 is 0 Å². The molecule has 0 aromatic heterocycles. The second-order valence-electron chi connectivity index (χ2n) is 3.97. The molecule has 0 radical (unpaired) electrons. The van der Waals surface area contributed by atoms with Crippen molar-refractivity contribution in [3.05, 3.63) is 29.8 Å². The topological polar surface area (TPSA) is 78.8 Å². The number of aliphatic imine (C=N–C) groups is 1. The third kappa shape index (κ3) is 2.48. The van der Waals surface area contributed by atoms with E-state index in [0.717, 1.165) is 0 Å². The lowest BCUT2D eigenvalue weighted by Crippen LogP contribution is -2.22. The minimum absolute atomic E-state index is 0.260. The van der Waals surface area contributed by atoms with Gasteiger partial charge in [0.1, 0.15) is 5.84 Å². The van der Waals surface area contributed by atoms with Crippen LogP contribution >= 0.6 is 0 Å². The molecule has 1 aliphatic heterocycles. The second kappa shape index (κ2) is 4.46. The van der Waals surface area contributed by atoms with E-state index in [1.165, 1.54) is 0 Å². The number of hydrogen-bond acceptors (Lipinski definition) is 4. The number of benzene rings is 1. The maximum Gasteiger partial charge on any atom is 0.263 e. The molecule has 1 aromatic carbocycles. The van der Waals surface area contributed by atoms with Crippen molar-refractivity contribution >= 4 is 15.9 Å². The summed E-state index contributed by atoms with van der Waals surface area (Å²) in [5.41, 5.74) is 0.595. The molecule has 5 nitrogen and oxygen atoms in total. The van der Waals surface area contributed by atoms with Crippen LogP contribution in [0.2, 0.25) is 0 Å². The van der Waals surface area contributed by atoms with E-state index in [4.69, 9.17) is 5.11 Å². The Labute approximate surface area is 100 Å². The highest BCUT2D eigenvalue weighted by Crippen LogP contribution is 2.22. The van der Waals surface area contributed by atoms with E-state index in [9.17, 15) is 8.42 Å². The van der Waals surface area contributed by atoms with Gasteiger partial charge in [0.15, 0.2) is 0 Å². The highest BCUT2D eigenvalue weighted by atomic mass is 32.2. The molecule has 17 heavy (non-hydrogen) atoms. The Hall–Kier alpha value is -1.40. The molecule has 0 spiro atoms. The normalized spacial score (nSPS) is 20.9. The molecule has 6 heteroatoms. The first kappa shape index (κ1) is 12.1. The maximum absolute atomic E-state index is 11.7. The number of hydrogen-bond donors (Lipinski definition) is 2. The summed E-state index contributed by atoms with van der Waals surface area (Å²) in [5.74, 6) is 0.362. The number of aliphatic hydroxyl groups is 1. The predicted molar refractivity (Wildman–Crippen MR) is 64.5 cm³/mol. The summed E-state index contributed by atoms with van der Waals surface area (Å²) in [6.45, 7) is 2.07. The summed E-state index contributed by atoms with van der Waals surface area (Å²) in [5, 5.41) is 9.12. The van der Waals surface area contributed by atoms with Gasteiger partial charge in [0, 0.05) is 12.1 Å². The summed E-state index contributed by atoms with van der Waals surface area (Å²) in [6.07, 6.45) is 0.0699. The molecule has 0 aliphatic carbocycles. The quantitative estimate of drug-likeness (QED) is 0.824. The Morgan fingerprint density at radius 1 is 1.41 bits per heavy atom. The number of aliphatic hydroxyl groups excluding tert-OH is 1. The van der Waals surface area contributed by atoms with Gasteiger partial charge < -0.3 is 5.11 Å². The van der Waals surface area contributed by atoms with Crippen molar-refractivity contribution in [1.82, 2.24) is 4.72 Å². The standard InChI is InChI=1S/C11H14N2O3S/c1-8(14)6-7-12-11-9-4-2-3-5-10(9)17(15,16)13-11/h2-5,8,14H,6-7H2,1H3,(H,12,13). The number of rotatable bonds is 3. The summed E-state index contributed by atoms with van der Waals surface area (Å²) >= 11 is 0. The lowest BCUT2D eigenvalue weighted by atomic mass is 10.2. The van der Waals surface area contributed by atoms with Crippen LogP contribution in [-0.4, -0.2) is 32.0 Å². The molecular formula is C11H14N2O3S. The van der Waals surface area contributed by atoms with Gasteiger partial charge in [0.2, 0.25) is 0 Å². The lowest BCUT2D eigenvalue weighted by Gasteiger charge is -2.01. The molecule has 2 rings (SSSR count). The van der Waals surface area contributed by atoms with Crippen LogP contribution in [0.3, 0.4) is 0 Å². The zero-order valence-corrected chi connectivity index (χ0v) is 10.2. The van der Waals surface area contributed by atoms with E-state index in [2.05, 4.69) is 9.71 Å². The fourth-order valence-corrected chi connectivity index (χ4v) is 2.87. The van der Waals surface area contributed by atoms with Gasteiger partial charge in [-0.05, 0) is 25.5 Å². The van der Waals surface area contributed by atoms with Crippen molar-refractivity contribution in [2.45, 2.75) is 24.3 Å². The SMILES string of the molecule is CC(O)CCN=C1NS(=O)(=O)c2ccccc21.